The number of para-hydroxylation sites is 1. The van der Waals surface area contributed by atoms with Crippen LogP contribution in [0.4, 0.5) is 0 Å². The predicted molar refractivity (Wildman–Crippen MR) is 87.2 cm³/mol. The number of fused-ring (bicyclic) bond motifs is 2. The van der Waals surface area contributed by atoms with Gasteiger partial charge >= 0.3 is 0 Å². The van der Waals surface area contributed by atoms with E-state index in [0.717, 1.165) is 36.2 Å². The van der Waals surface area contributed by atoms with Gasteiger partial charge in [0.1, 0.15) is 0 Å². The Bertz CT molecular complexity index is 621. The molecule has 2 aliphatic carbocycles. The van der Waals surface area contributed by atoms with Crippen LogP contribution < -0.4 is 5.32 Å². The zero-order valence-electron chi connectivity index (χ0n) is 12.8. The second-order valence-corrected chi connectivity index (χ2v) is 6.84. The van der Waals surface area contributed by atoms with E-state index in [1.165, 1.54) is 30.2 Å². The summed E-state index contributed by atoms with van der Waals surface area (Å²) in [4.78, 5) is 4.49. The summed E-state index contributed by atoms with van der Waals surface area (Å²) in [6.07, 6.45) is 7.51. The fourth-order valence-electron chi connectivity index (χ4n) is 4.33. The molecule has 21 heavy (non-hydrogen) atoms. The summed E-state index contributed by atoms with van der Waals surface area (Å²) < 4.78 is 0. The third kappa shape index (κ3) is 2.57. The van der Waals surface area contributed by atoms with E-state index in [-0.39, 0.29) is 0 Å². The molecule has 1 N–H and O–H groups in total. The van der Waals surface area contributed by atoms with Gasteiger partial charge in [-0.15, -0.1) is 0 Å². The summed E-state index contributed by atoms with van der Waals surface area (Å²) in [5.74, 6) is 3.00. The first-order valence-electron chi connectivity index (χ1n) is 8.41. The molecule has 2 fully saturated rings. The van der Waals surface area contributed by atoms with Crippen molar-refractivity contribution in [2.45, 2.75) is 38.6 Å². The van der Waals surface area contributed by atoms with Crippen LogP contribution in [0, 0.1) is 17.8 Å². The minimum Gasteiger partial charge on any atom is -0.314 e. The number of benzene rings is 1. The van der Waals surface area contributed by atoms with E-state index >= 15 is 0 Å². The number of pyridine rings is 1. The first-order chi connectivity index (χ1) is 10.3. The normalized spacial score (nSPS) is 28.5. The summed E-state index contributed by atoms with van der Waals surface area (Å²) in [5.41, 5.74) is 2.58. The zero-order valence-corrected chi connectivity index (χ0v) is 12.8. The lowest BCUT2D eigenvalue weighted by atomic mass is 9.89. The fourth-order valence-corrected chi connectivity index (χ4v) is 4.33. The van der Waals surface area contributed by atoms with Gasteiger partial charge in [0.2, 0.25) is 0 Å². The molecule has 1 heterocycles. The SMILES string of the molecule is CCNC(Cc1ccnc2ccccc12)C1CC2CC2C1. The van der Waals surface area contributed by atoms with E-state index in [0.29, 0.717) is 6.04 Å². The highest BCUT2D eigenvalue weighted by molar-refractivity contribution is 5.81. The van der Waals surface area contributed by atoms with Crippen molar-refractivity contribution in [2.24, 2.45) is 17.8 Å². The molecular formula is C19H24N2. The van der Waals surface area contributed by atoms with Crippen molar-refractivity contribution in [2.75, 3.05) is 6.54 Å². The molecule has 3 unspecified atom stereocenters. The van der Waals surface area contributed by atoms with E-state index in [9.17, 15) is 0 Å². The highest BCUT2D eigenvalue weighted by Crippen LogP contribution is 2.55. The quantitative estimate of drug-likeness (QED) is 0.901. The van der Waals surface area contributed by atoms with E-state index in [1.807, 2.05) is 6.20 Å². The number of nitrogens with zero attached hydrogens (tertiary/aromatic N) is 1. The Morgan fingerprint density at radius 1 is 1.14 bits per heavy atom. The van der Waals surface area contributed by atoms with Crippen molar-refractivity contribution >= 4 is 10.9 Å². The highest BCUT2D eigenvalue weighted by Gasteiger charge is 2.47. The zero-order chi connectivity index (χ0) is 14.2. The van der Waals surface area contributed by atoms with Gasteiger partial charge in [-0.2, -0.15) is 0 Å². The molecule has 0 bridgehead atoms. The van der Waals surface area contributed by atoms with E-state index in [4.69, 9.17) is 0 Å². The van der Waals surface area contributed by atoms with Crippen molar-refractivity contribution in [1.82, 2.24) is 10.3 Å². The molecule has 0 amide bonds. The Morgan fingerprint density at radius 3 is 2.76 bits per heavy atom. The molecule has 0 radical (unpaired) electrons. The molecular weight excluding hydrogens is 256 g/mol. The van der Waals surface area contributed by atoms with Crippen molar-refractivity contribution in [1.29, 1.82) is 0 Å². The van der Waals surface area contributed by atoms with Crippen molar-refractivity contribution in [3.63, 3.8) is 0 Å². The van der Waals surface area contributed by atoms with Gasteiger partial charge in [-0.3, -0.25) is 4.98 Å². The molecule has 4 rings (SSSR count). The Morgan fingerprint density at radius 2 is 1.95 bits per heavy atom. The van der Waals surface area contributed by atoms with Gasteiger partial charge in [-0.1, -0.05) is 25.1 Å². The standard InChI is InChI=1S/C19H24N2/c1-2-20-19(16-10-14-9-15(14)11-16)12-13-7-8-21-18-6-4-3-5-17(13)18/h3-8,14-16,19-20H,2,9-12H2,1H3. The van der Waals surface area contributed by atoms with Crippen LogP contribution in [0.3, 0.4) is 0 Å². The lowest BCUT2D eigenvalue weighted by Crippen LogP contribution is -2.37. The van der Waals surface area contributed by atoms with Crippen LogP contribution in [-0.4, -0.2) is 17.6 Å². The Labute approximate surface area is 127 Å². The topological polar surface area (TPSA) is 24.9 Å². The monoisotopic (exact) mass is 280 g/mol. The van der Waals surface area contributed by atoms with Gasteiger partial charge in [0.25, 0.3) is 0 Å². The average molecular weight is 280 g/mol. The number of hydrogen-bond acceptors (Lipinski definition) is 2. The maximum Gasteiger partial charge on any atom is 0.0704 e. The maximum absolute atomic E-state index is 4.49. The molecule has 2 aliphatic rings. The summed E-state index contributed by atoms with van der Waals surface area (Å²) in [6, 6.07) is 11.4. The minimum atomic E-state index is 0.633. The second kappa shape index (κ2) is 5.42. The highest BCUT2D eigenvalue weighted by atomic mass is 14.9. The number of nitrogens with one attached hydrogen (secondary N) is 1. The summed E-state index contributed by atoms with van der Waals surface area (Å²) in [5, 5.41) is 5.08. The first-order valence-corrected chi connectivity index (χ1v) is 8.41. The molecule has 1 aromatic carbocycles. The number of aromatic nitrogens is 1. The van der Waals surface area contributed by atoms with Gasteiger partial charge in [0, 0.05) is 17.6 Å². The van der Waals surface area contributed by atoms with Crippen molar-refractivity contribution in [3.8, 4) is 0 Å². The molecule has 3 atom stereocenters. The van der Waals surface area contributed by atoms with Gasteiger partial charge < -0.3 is 5.32 Å². The lowest BCUT2D eigenvalue weighted by molar-refractivity contribution is 0.337. The predicted octanol–water partition coefficient (Wildman–Crippen LogP) is 3.80. The van der Waals surface area contributed by atoms with Crippen molar-refractivity contribution < 1.29 is 0 Å². The summed E-state index contributed by atoms with van der Waals surface area (Å²) in [6.45, 7) is 3.30. The van der Waals surface area contributed by atoms with Gasteiger partial charge in [-0.25, -0.2) is 0 Å². The van der Waals surface area contributed by atoms with Crippen molar-refractivity contribution in [3.05, 3.63) is 42.1 Å². The number of hydrogen-bond donors (Lipinski definition) is 1. The van der Waals surface area contributed by atoms with Crippen LogP contribution in [-0.2, 0) is 6.42 Å². The van der Waals surface area contributed by atoms with Crippen LogP contribution in [0.1, 0.15) is 31.7 Å². The first kappa shape index (κ1) is 13.3. The van der Waals surface area contributed by atoms with Gasteiger partial charge in [0.05, 0.1) is 5.52 Å². The van der Waals surface area contributed by atoms with E-state index < -0.39 is 0 Å². The Balaban J connectivity index is 1.58. The minimum absolute atomic E-state index is 0.633. The molecule has 2 aromatic rings. The molecule has 2 heteroatoms. The lowest BCUT2D eigenvalue weighted by Gasteiger charge is -2.26. The molecule has 0 aliphatic heterocycles. The molecule has 110 valence electrons. The van der Waals surface area contributed by atoms with E-state index in [2.05, 4.69) is 47.6 Å². The number of likely N-dealkylation sites (N-methyl/N-ethyl adjacent to an activating group) is 1. The van der Waals surface area contributed by atoms with Crippen LogP contribution in [0.15, 0.2) is 36.5 Å². The summed E-state index contributed by atoms with van der Waals surface area (Å²) >= 11 is 0. The number of rotatable bonds is 5. The molecule has 2 nitrogen and oxygen atoms in total. The van der Waals surface area contributed by atoms with E-state index in [1.54, 1.807) is 0 Å². The van der Waals surface area contributed by atoms with Crippen LogP contribution in [0.25, 0.3) is 10.9 Å². The Kier molecular flexibility index (Phi) is 3.42. The second-order valence-electron chi connectivity index (χ2n) is 6.84. The molecule has 1 aromatic heterocycles. The van der Waals surface area contributed by atoms with Crippen LogP contribution in [0.5, 0.6) is 0 Å². The Hall–Kier alpha value is -1.41. The van der Waals surface area contributed by atoms with Gasteiger partial charge in [-0.05, 0) is 67.7 Å². The fraction of sp³-hybridized carbons (Fsp3) is 0.526. The average Bonchev–Trinajstić information content (AvgIpc) is 3.13. The van der Waals surface area contributed by atoms with Crippen LogP contribution >= 0.6 is 0 Å². The largest absolute Gasteiger partial charge is 0.314 e. The third-order valence-electron chi connectivity index (χ3n) is 5.49. The molecule has 0 spiro atoms. The van der Waals surface area contributed by atoms with Crippen LogP contribution in [0.2, 0.25) is 0 Å². The third-order valence-corrected chi connectivity index (χ3v) is 5.49. The molecule has 2 saturated carbocycles. The summed E-state index contributed by atoms with van der Waals surface area (Å²) in [7, 11) is 0. The smallest absolute Gasteiger partial charge is 0.0704 e. The molecule has 0 saturated heterocycles. The maximum atomic E-state index is 4.49. The van der Waals surface area contributed by atoms with Gasteiger partial charge in [0.15, 0.2) is 0 Å².